The van der Waals surface area contributed by atoms with Crippen LogP contribution in [0.15, 0.2) is 48.5 Å². The number of fused-ring (bicyclic) bond motifs is 2. The third kappa shape index (κ3) is 3.13. The van der Waals surface area contributed by atoms with Crippen molar-refractivity contribution in [1.82, 2.24) is 9.88 Å². The molecule has 140 valence electrons. The van der Waals surface area contributed by atoms with Gasteiger partial charge in [0.1, 0.15) is 0 Å². The van der Waals surface area contributed by atoms with Gasteiger partial charge in [-0.25, -0.2) is 0 Å². The second-order valence-electron chi connectivity index (χ2n) is 7.67. The lowest BCUT2D eigenvalue weighted by Crippen LogP contribution is -2.37. The summed E-state index contributed by atoms with van der Waals surface area (Å²) in [5.41, 5.74) is 6.84. The fourth-order valence-electron chi connectivity index (χ4n) is 4.54. The van der Waals surface area contributed by atoms with Gasteiger partial charge in [-0.2, -0.15) is 0 Å². The molecule has 0 radical (unpaired) electrons. The first-order valence-corrected chi connectivity index (χ1v) is 10.1. The average Bonchev–Trinajstić information content (AvgIpc) is 3.17. The Morgan fingerprint density at radius 1 is 1.07 bits per heavy atom. The highest BCUT2D eigenvalue weighted by molar-refractivity contribution is 5.80. The number of aromatic amines is 1. The molecule has 1 aromatic heterocycles. The number of rotatable bonds is 3. The number of hydrogen-bond donors (Lipinski definition) is 1. The SMILES string of the molecule is CCN1Cc2cc(N3CCOCC3)ccc2C(c2cc3ccccc3[nH]2)C1. The second kappa shape index (κ2) is 7.02. The number of anilines is 1. The van der Waals surface area contributed by atoms with Crippen molar-refractivity contribution in [3.8, 4) is 0 Å². The molecule has 1 atom stereocenters. The van der Waals surface area contributed by atoms with E-state index in [4.69, 9.17) is 4.74 Å². The Balaban J connectivity index is 1.53. The average molecular weight is 361 g/mol. The van der Waals surface area contributed by atoms with Gasteiger partial charge in [-0.05, 0) is 47.3 Å². The molecule has 3 aromatic rings. The summed E-state index contributed by atoms with van der Waals surface area (Å²) in [6, 6.07) is 18.0. The highest BCUT2D eigenvalue weighted by Gasteiger charge is 2.28. The Bertz CT molecular complexity index is 909. The molecule has 4 heteroatoms. The van der Waals surface area contributed by atoms with Gasteiger partial charge in [0.2, 0.25) is 0 Å². The Kier molecular flexibility index (Phi) is 4.38. The highest BCUT2D eigenvalue weighted by atomic mass is 16.5. The number of nitrogens with one attached hydrogen (secondary N) is 1. The number of aromatic nitrogens is 1. The van der Waals surface area contributed by atoms with Gasteiger partial charge >= 0.3 is 0 Å². The molecule has 1 fully saturated rings. The molecule has 2 aliphatic heterocycles. The maximum atomic E-state index is 5.52. The summed E-state index contributed by atoms with van der Waals surface area (Å²) in [4.78, 5) is 8.68. The summed E-state index contributed by atoms with van der Waals surface area (Å²) in [5.74, 6) is 0.403. The monoisotopic (exact) mass is 361 g/mol. The van der Waals surface area contributed by atoms with Crippen LogP contribution in [0, 0.1) is 0 Å². The normalized spacial score (nSPS) is 20.8. The molecule has 0 bridgehead atoms. The molecule has 4 nitrogen and oxygen atoms in total. The number of ether oxygens (including phenoxy) is 1. The molecule has 2 aliphatic rings. The standard InChI is InChI=1S/C23H27N3O/c1-2-25-15-18-13-19(26-9-11-27-12-10-26)7-8-20(18)21(16-25)23-14-17-5-3-4-6-22(17)24-23/h3-8,13-14,21,24H,2,9-12,15-16H2,1H3. The summed E-state index contributed by atoms with van der Waals surface area (Å²) < 4.78 is 5.52. The van der Waals surface area contributed by atoms with Crippen molar-refractivity contribution < 1.29 is 4.74 Å². The van der Waals surface area contributed by atoms with Gasteiger partial charge in [0.05, 0.1) is 13.2 Å². The number of likely N-dealkylation sites (N-methyl/N-ethyl adjacent to an activating group) is 1. The largest absolute Gasteiger partial charge is 0.378 e. The lowest BCUT2D eigenvalue weighted by atomic mass is 9.87. The van der Waals surface area contributed by atoms with E-state index < -0.39 is 0 Å². The Labute approximate surface area is 160 Å². The Hall–Kier alpha value is -2.30. The van der Waals surface area contributed by atoms with Crippen molar-refractivity contribution in [3.05, 3.63) is 65.4 Å². The molecule has 1 N–H and O–H groups in total. The van der Waals surface area contributed by atoms with E-state index in [0.717, 1.165) is 45.9 Å². The van der Waals surface area contributed by atoms with E-state index in [1.807, 2.05) is 0 Å². The zero-order valence-corrected chi connectivity index (χ0v) is 15.9. The summed E-state index contributed by atoms with van der Waals surface area (Å²) in [7, 11) is 0. The van der Waals surface area contributed by atoms with Crippen LogP contribution < -0.4 is 4.90 Å². The first-order valence-electron chi connectivity index (χ1n) is 10.1. The van der Waals surface area contributed by atoms with Crippen LogP contribution in [0.3, 0.4) is 0 Å². The van der Waals surface area contributed by atoms with Gasteiger partial charge < -0.3 is 14.6 Å². The first kappa shape index (κ1) is 16.8. The quantitative estimate of drug-likeness (QED) is 0.766. The van der Waals surface area contributed by atoms with E-state index in [2.05, 4.69) is 70.2 Å². The Morgan fingerprint density at radius 3 is 2.74 bits per heavy atom. The second-order valence-corrected chi connectivity index (χ2v) is 7.67. The van der Waals surface area contributed by atoms with E-state index in [9.17, 15) is 0 Å². The van der Waals surface area contributed by atoms with E-state index in [0.29, 0.717) is 5.92 Å². The summed E-state index contributed by atoms with van der Waals surface area (Å²) in [5, 5.41) is 1.30. The topological polar surface area (TPSA) is 31.5 Å². The number of hydrogen-bond acceptors (Lipinski definition) is 3. The predicted molar refractivity (Wildman–Crippen MR) is 111 cm³/mol. The van der Waals surface area contributed by atoms with Crippen LogP contribution in [0.4, 0.5) is 5.69 Å². The van der Waals surface area contributed by atoms with Gasteiger partial charge in [-0.3, -0.25) is 4.90 Å². The van der Waals surface area contributed by atoms with Crippen LogP contribution in [0.1, 0.15) is 29.7 Å². The zero-order valence-electron chi connectivity index (χ0n) is 15.9. The van der Waals surface area contributed by atoms with E-state index in [1.165, 1.54) is 33.4 Å². The summed E-state index contributed by atoms with van der Waals surface area (Å²) in [6.07, 6.45) is 0. The molecule has 0 amide bonds. The molecule has 5 rings (SSSR count). The van der Waals surface area contributed by atoms with Gasteiger partial charge in [0, 0.05) is 49.0 Å². The van der Waals surface area contributed by atoms with Gasteiger partial charge in [-0.1, -0.05) is 31.2 Å². The highest BCUT2D eigenvalue weighted by Crippen LogP contribution is 2.36. The van der Waals surface area contributed by atoms with Crippen molar-refractivity contribution >= 4 is 16.6 Å². The first-order chi connectivity index (χ1) is 13.3. The van der Waals surface area contributed by atoms with Crippen LogP contribution in [0.2, 0.25) is 0 Å². The maximum absolute atomic E-state index is 5.52. The summed E-state index contributed by atoms with van der Waals surface area (Å²) >= 11 is 0. The number of nitrogens with zero attached hydrogens (tertiary/aromatic N) is 2. The van der Waals surface area contributed by atoms with Crippen molar-refractivity contribution in [2.24, 2.45) is 0 Å². The molecule has 0 aliphatic carbocycles. The minimum absolute atomic E-state index is 0.403. The van der Waals surface area contributed by atoms with Crippen molar-refractivity contribution in [2.75, 3.05) is 44.3 Å². The van der Waals surface area contributed by atoms with Gasteiger partial charge in [0.25, 0.3) is 0 Å². The number of morpholine rings is 1. The molecule has 3 heterocycles. The number of H-pyrrole nitrogens is 1. The van der Waals surface area contributed by atoms with Crippen molar-refractivity contribution in [1.29, 1.82) is 0 Å². The molecule has 1 unspecified atom stereocenters. The minimum Gasteiger partial charge on any atom is -0.378 e. The van der Waals surface area contributed by atoms with Crippen LogP contribution in [-0.4, -0.2) is 49.3 Å². The minimum atomic E-state index is 0.403. The van der Waals surface area contributed by atoms with Crippen LogP contribution >= 0.6 is 0 Å². The maximum Gasteiger partial charge on any atom is 0.0642 e. The smallest absolute Gasteiger partial charge is 0.0642 e. The van der Waals surface area contributed by atoms with E-state index in [1.54, 1.807) is 0 Å². The zero-order chi connectivity index (χ0) is 18.2. The lowest BCUT2D eigenvalue weighted by molar-refractivity contribution is 0.122. The molecular weight excluding hydrogens is 334 g/mol. The third-order valence-corrected chi connectivity index (χ3v) is 6.09. The van der Waals surface area contributed by atoms with Gasteiger partial charge in [-0.15, -0.1) is 0 Å². The Morgan fingerprint density at radius 2 is 1.93 bits per heavy atom. The molecule has 0 spiro atoms. The van der Waals surface area contributed by atoms with Crippen molar-refractivity contribution in [3.63, 3.8) is 0 Å². The van der Waals surface area contributed by atoms with Gasteiger partial charge in [0.15, 0.2) is 0 Å². The molecule has 1 saturated heterocycles. The van der Waals surface area contributed by atoms with Crippen molar-refractivity contribution in [2.45, 2.75) is 19.4 Å². The van der Waals surface area contributed by atoms with Crippen LogP contribution in [0.5, 0.6) is 0 Å². The third-order valence-electron chi connectivity index (χ3n) is 6.09. The van der Waals surface area contributed by atoms with Crippen LogP contribution in [0.25, 0.3) is 10.9 Å². The van der Waals surface area contributed by atoms with E-state index in [-0.39, 0.29) is 0 Å². The number of benzene rings is 2. The fourth-order valence-corrected chi connectivity index (χ4v) is 4.54. The number of para-hydroxylation sites is 1. The van der Waals surface area contributed by atoms with E-state index >= 15 is 0 Å². The molecule has 27 heavy (non-hydrogen) atoms. The predicted octanol–water partition coefficient (Wildman–Crippen LogP) is 3.97. The molecular formula is C23H27N3O. The fraction of sp³-hybridized carbons (Fsp3) is 0.391. The summed E-state index contributed by atoms with van der Waals surface area (Å²) in [6.45, 7) is 9.10. The molecule has 2 aromatic carbocycles. The molecule has 0 saturated carbocycles. The lowest BCUT2D eigenvalue weighted by Gasteiger charge is -2.35. The van der Waals surface area contributed by atoms with Crippen LogP contribution in [-0.2, 0) is 11.3 Å².